The Kier molecular flexibility index (Phi) is 4.24. The van der Waals surface area contributed by atoms with E-state index in [-0.39, 0.29) is 17.5 Å². The lowest BCUT2D eigenvalue weighted by atomic mass is 9.95. The molecule has 0 aliphatic rings. The summed E-state index contributed by atoms with van der Waals surface area (Å²) in [7, 11) is 0. The maximum atomic E-state index is 14.6. The molecule has 0 spiro atoms. The van der Waals surface area contributed by atoms with E-state index in [1.54, 1.807) is 30.3 Å². The van der Waals surface area contributed by atoms with E-state index in [1.165, 1.54) is 6.92 Å². The molecule has 2 aromatic rings. The van der Waals surface area contributed by atoms with E-state index in [1.807, 2.05) is 19.9 Å². The second-order valence-corrected chi connectivity index (χ2v) is 5.52. The fraction of sp³-hybridized carbons (Fsp3) is 0.235. The lowest BCUT2D eigenvalue weighted by molar-refractivity contribution is 0.101. The lowest BCUT2D eigenvalue weighted by Crippen LogP contribution is -1.98. The zero-order valence-corrected chi connectivity index (χ0v) is 12.5. The third-order valence-corrected chi connectivity index (χ3v) is 3.64. The standard InChI is InChI=1S/C17H16ClFO/c1-10(2)13-5-4-6-14(17(13)19)15-9-12(11(3)20)7-8-16(15)18/h4-10H,1-3H3. The van der Waals surface area contributed by atoms with Gasteiger partial charge in [0, 0.05) is 21.7 Å². The van der Waals surface area contributed by atoms with Crippen LogP contribution in [0.15, 0.2) is 36.4 Å². The van der Waals surface area contributed by atoms with Crippen LogP contribution in [0, 0.1) is 5.82 Å². The maximum Gasteiger partial charge on any atom is 0.159 e. The Bertz CT molecular complexity index is 662. The minimum Gasteiger partial charge on any atom is -0.295 e. The van der Waals surface area contributed by atoms with Crippen molar-refractivity contribution in [3.05, 3.63) is 58.4 Å². The van der Waals surface area contributed by atoms with Crippen LogP contribution >= 0.6 is 11.6 Å². The number of hydrogen-bond donors (Lipinski definition) is 0. The average Bonchev–Trinajstić information content (AvgIpc) is 2.39. The molecule has 0 fully saturated rings. The number of Topliss-reactive ketones (excluding diaryl/α,β-unsaturated/α-hetero) is 1. The van der Waals surface area contributed by atoms with E-state index in [0.717, 1.165) is 0 Å². The minimum absolute atomic E-state index is 0.0664. The summed E-state index contributed by atoms with van der Waals surface area (Å²) in [6, 6.07) is 10.2. The van der Waals surface area contributed by atoms with Crippen molar-refractivity contribution in [2.45, 2.75) is 26.7 Å². The van der Waals surface area contributed by atoms with E-state index in [2.05, 4.69) is 0 Å². The Labute approximate surface area is 123 Å². The molecule has 0 saturated carbocycles. The molecule has 2 rings (SSSR count). The van der Waals surface area contributed by atoms with Crippen LogP contribution < -0.4 is 0 Å². The van der Waals surface area contributed by atoms with Gasteiger partial charge in [0.1, 0.15) is 5.82 Å². The van der Waals surface area contributed by atoms with Gasteiger partial charge in [0.15, 0.2) is 5.78 Å². The number of ketones is 1. The Balaban J connectivity index is 2.65. The van der Waals surface area contributed by atoms with Gasteiger partial charge < -0.3 is 0 Å². The number of hydrogen-bond acceptors (Lipinski definition) is 1. The minimum atomic E-state index is -0.273. The predicted molar refractivity (Wildman–Crippen MR) is 80.9 cm³/mol. The van der Waals surface area contributed by atoms with Crippen LogP contribution in [-0.2, 0) is 0 Å². The highest BCUT2D eigenvalue weighted by atomic mass is 35.5. The zero-order chi connectivity index (χ0) is 14.9. The van der Waals surface area contributed by atoms with Crippen molar-refractivity contribution in [2.75, 3.05) is 0 Å². The molecule has 1 nitrogen and oxygen atoms in total. The monoisotopic (exact) mass is 290 g/mol. The molecule has 0 heterocycles. The van der Waals surface area contributed by atoms with E-state index in [4.69, 9.17) is 11.6 Å². The Morgan fingerprint density at radius 2 is 1.85 bits per heavy atom. The summed E-state index contributed by atoms with van der Waals surface area (Å²) in [6.45, 7) is 5.36. The van der Waals surface area contributed by atoms with E-state index in [9.17, 15) is 9.18 Å². The maximum absolute atomic E-state index is 14.6. The third-order valence-electron chi connectivity index (χ3n) is 3.31. The molecule has 0 aliphatic heterocycles. The highest BCUT2D eigenvalue weighted by Crippen LogP contribution is 2.33. The summed E-state index contributed by atoms with van der Waals surface area (Å²) in [5.74, 6) is -0.252. The van der Waals surface area contributed by atoms with Crippen LogP contribution in [0.3, 0.4) is 0 Å². The van der Waals surface area contributed by atoms with Crippen LogP contribution in [0.1, 0.15) is 42.6 Å². The number of carbonyl (C=O) groups is 1. The fourth-order valence-electron chi connectivity index (χ4n) is 2.15. The van der Waals surface area contributed by atoms with Crippen molar-refractivity contribution < 1.29 is 9.18 Å². The van der Waals surface area contributed by atoms with Crippen molar-refractivity contribution in [3.63, 3.8) is 0 Å². The number of halogens is 2. The number of rotatable bonds is 3. The molecule has 0 aromatic heterocycles. The topological polar surface area (TPSA) is 17.1 Å². The first-order valence-corrected chi connectivity index (χ1v) is 6.89. The number of benzene rings is 2. The highest BCUT2D eigenvalue weighted by Gasteiger charge is 2.15. The van der Waals surface area contributed by atoms with Crippen LogP contribution in [0.25, 0.3) is 11.1 Å². The molecule has 0 N–H and O–H groups in total. The molecule has 3 heteroatoms. The largest absolute Gasteiger partial charge is 0.295 e. The van der Waals surface area contributed by atoms with Gasteiger partial charge in [0.25, 0.3) is 0 Å². The average molecular weight is 291 g/mol. The summed E-state index contributed by atoms with van der Waals surface area (Å²) in [4.78, 5) is 11.5. The van der Waals surface area contributed by atoms with E-state index >= 15 is 0 Å². The van der Waals surface area contributed by atoms with Gasteiger partial charge in [-0.05, 0) is 36.6 Å². The highest BCUT2D eigenvalue weighted by molar-refractivity contribution is 6.33. The molecular formula is C17H16ClFO. The van der Waals surface area contributed by atoms with Crippen LogP contribution in [0.2, 0.25) is 5.02 Å². The zero-order valence-electron chi connectivity index (χ0n) is 11.7. The van der Waals surface area contributed by atoms with E-state index < -0.39 is 0 Å². The summed E-state index contributed by atoms with van der Waals surface area (Å²) >= 11 is 6.16. The molecule has 0 aliphatic carbocycles. The normalized spacial score (nSPS) is 10.9. The predicted octanol–water partition coefficient (Wildman–Crippen LogP) is 5.47. The van der Waals surface area contributed by atoms with E-state index in [0.29, 0.717) is 27.3 Å². The Hall–Kier alpha value is -1.67. The van der Waals surface area contributed by atoms with Gasteiger partial charge in [-0.15, -0.1) is 0 Å². The van der Waals surface area contributed by atoms with Gasteiger partial charge in [-0.25, -0.2) is 4.39 Å². The van der Waals surface area contributed by atoms with Gasteiger partial charge in [-0.2, -0.15) is 0 Å². The second-order valence-electron chi connectivity index (χ2n) is 5.11. The first-order valence-electron chi connectivity index (χ1n) is 6.51. The van der Waals surface area contributed by atoms with Crippen LogP contribution in [-0.4, -0.2) is 5.78 Å². The van der Waals surface area contributed by atoms with Crippen LogP contribution in [0.5, 0.6) is 0 Å². The first kappa shape index (κ1) is 14.7. The van der Waals surface area contributed by atoms with Crippen molar-refractivity contribution in [1.82, 2.24) is 0 Å². The summed E-state index contributed by atoms with van der Waals surface area (Å²) in [5, 5.41) is 0.440. The van der Waals surface area contributed by atoms with Gasteiger partial charge in [0.2, 0.25) is 0 Å². The molecular weight excluding hydrogens is 275 g/mol. The number of carbonyl (C=O) groups excluding carboxylic acids is 1. The molecule has 20 heavy (non-hydrogen) atoms. The van der Waals surface area contributed by atoms with Gasteiger partial charge in [-0.1, -0.05) is 43.6 Å². The molecule has 0 saturated heterocycles. The molecule has 104 valence electrons. The second kappa shape index (κ2) is 5.76. The Morgan fingerprint density at radius 1 is 1.15 bits per heavy atom. The summed E-state index contributed by atoms with van der Waals surface area (Å²) < 4.78 is 14.6. The first-order chi connectivity index (χ1) is 9.41. The van der Waals surface area contributed by atoms with Gasteiger partial charge >= 0.3 is 0 Å². The Morgan fingerprint density at radius 3 is 2.45 bits per heavy atom. The smallest absolute Gasteiger partial charge is 0.159 e. The SMILES string of the molecule is CC(=O)c1ccc(Cl)c(-c2cccc(C(C)C)c2F)c1. The summed E-state index contributed by atoms with van der Waals surface area (Å²) in [6.07, 6.45) is 0. The van der Waals surface area contributed by atoms with Gasteiger partial charge in [0.05, 0.1) is 0 Å². The van der Waals surface area contributed by atoms with Gasteiger partial charge in [-0.3, -0.25) is 4.79 Å². The van der Waals surface area contributed by atoms with Crippen molar-refractivity contribution in [2.24, 2.45) is 0 Å². The molecule has 0 amide bonds. The summed E-state index contributed by atoms with van der Waals surface area (Å²) in [5.41, 5.74) is 2.16. The van der Waals surface area contributed by atoms with Crippen LogP contribution in [0.4, 0.5) is 4.39 Å². The lowest BCUT2D eigenvalue weighted by Gasteiger charge is -2.13. The fourth-order valence-corrected chi connectivity index (χ4v) is 2.37. The molecule has 0 atom stereocenters. The molecule has 0 radical (unpaired) electrons. The molecule has 0 bridgehead atoms. The molecule has 2 aromatic carbocycles. The van der Waals surface area contributed by atoms with Crippen molar-refractivity contribution >= 4 is 17.4 Å². The van der Waals surface area contributed by atoms with Crippen molar-refractivity contribution in [1.29, 1.82) is 0 Å². The third kappa shape index (κ3) is 2.75. The molecule has 0 unspecified atom stereocenters. The quantitative estimate of drug-likeness (QED) is 0.685. The van der Waals surface area contributed by atoms with Crippen molar-refractivity contribution in [3.8, 4) is 11.1 Å².